The molecule has 0 saturated carbocycles. The van der Waals surface area contributed by atoms with Gasteiger partial charge in [0.1, 0.15) is 6.04 Å². The summed E-state index contributed by atoms with van der Waals surface area (Å²) in [5, 5.41) is 14.1. The van der Waals surface area contributed by atoms with Gasteiger partial charge in [-0.15, -0.1) is 0 Å². The second-order valence-corrected chi connectivity index (χ2v) is 6.72. The van der Waals surface area contributed by atoms with Gasteiger partial charge >= 0.3 is 12.0 Å². The Morgan fingerprint density at radius 2 is 1.71 bits per heavy atom. The van der Waals surface area contributed by atoms with Crippen LogP contribution in [-0.2, 0) is 9.59 Å². The van der Waals surface area contributed by atoms with Crippen molar-refractivity contribution >= 4 is 17.9 Å². The predicted octanol–water partition coefficient (Wildman–Crippen LogP) is 0.933. The Morgan fingerprint density at radius 1 is 1.19 bits per heavy atom. The van der Waals surface area contributed by atoms with E-state index < -0.39 is 35.3 Å². The second-order valence-electron chi connectivity index (χ2n) is 6.72. The first-order chi connectivity index (χ1) is 9.45. The minimum Gasteiger partial charge on any atom is -0.481 e. The fraction of sp³-hybridized carbons (Fsp3) is 0.786. The number of hydrogen-bond donors (Lipinski definition) is 4. The van der Waals surface area contributed by atoms with Crippen molar-refractivity contribution in [3.05, 3.63) is 0 Å². The summed E-state index contributed by atoms with van der Waals surface area (Å²) in [6.45, 7) is 9.18. The summed E-state index contributed by atoms with van der Waals surface area (Å²) < 4.78 is 0. The normalized spacial score (nSPS) is 14.4. The summed E-state index contributed by atoms with van der Waals surface area (Å²) in [4.78, 5) is 34.2. The van der Waals surface area contributed by atoms with Crippen LogP contribution in [-0.4, -0.2) is 35.6 Å². The highest BCUT2D eigenvalue weighted by Crippen LogP contribution is 2.18. The maximum atomic E-state index is 11.8. The van der Waals surface area contributed by atoms with E-state index in [-0.39, 0.29) is 12.5 Å². The molecule has 0 radical (unpaired) electrons. The van der Waals surface area contributed by atoms with Crippen LogP contribution in [0.3, 0.4) is 0 Å². The minimum atomic E-state index is -0.953. The van der Waals surface area contributed by atoms with Gasteiger partial charge in [0.15, 0.2) is 0 Å². The molecule has 2 unspecified atom stereocenters. The lowest BCUT2D eigenvalue weighted by Gasteiger charge is -2.29. The van der Waals surface area contributed by atoms with E-state index in [1.165, 1.54) is 0 Å². The zero-order chi connectivity index (χ0) is 16.8. The number of nitrogens with one attached hydrogen (secondary N) is 2. The quantitative estimate of drug-likeness (QED) is 0.559. The summed E-state index contributed by atoms with van der Waals surface area (Å²) in [6.07, 6.45) is 0.466. The molecule has 122 valence electrons. The Balaban J connectivity index is 4.54. The average Bonchev–Trinajstić information content (AvgIpc) is 2.28. The van der Waals surface area contributed by atoms with Gasteiger partial charge in [-0.25, -0.2) is 4.79 Å². The molecule has 0 rings (SSSR count). The predicted molar refractivity (Wildman–Crippen MR) is 79.6 cm³/mol. The van der Waals surface area contributed by atoms with E-state index in [2.05, 4.69) is 10.6 Å². The van der Waals surface area contributed by atoms with E-state index in [9.17, 15) is 14.4 Å². The Morgan fingerprint density at radius 3 is 2.05 bits per heavy atom. The summed E-state index contributed by atoms with van der Waals surface area (Å²) in [6, 6.07) is -1.42. The topological polar surface area (TPSA) is 122 Å². The fourth-order valence-electron chi connectivity index (χ4n) is 1.95. The highest BCUT2D eigenvalue weighted by Gasteiger charge is 2.31. The van der Waals surface area contributed by atoms with Crippen LogP contribution in [0, 0.1) is 17.3 Å². The number of hydrogen-bond acceptors (Lipinski definition) is 3. The first kappa shape index (κ1) is 19.2. The van der Waals surface area contributed by atoms with Crippen LogP contribution in [0.25, 0.3) is 0 Å². The van der Waals surface area contributed by atoms with Crippen molar-refractivity contribution in [3.8, 4) is 0 Å². The van der Waals surface area contributed by atoms with Gasteiger partial charge in [-0.3, -0.25) is 9.59 Å². The number of urea groups is 1. The highest BCUT2D eigenvalue weighted by molar-refractivity contribution is 5.86. The van der Waals surface area contributed by atoms with Crippen molar-refractivity contribution in [1.82, 2.24) is 10.6 Å². The molecule has 2 atom stereocenters. The van der Waals surface area contributed by atoms with Gasteiger partial charge in [0.25, 0.3) is 0 Å². The molecule has 7 heteroatoms. The summed E-state index contributed by atoms with van der Waals surface area (Å²) in [5.74, 6) is -2.03. The van der Waals surface area contributed by atoms with Gasteiger partial charge in [0.05, 0.1) is 5.92 Å². The van der Waals surface area contributed by atoms with E-state index in [4.69, 9.17) is 10.8 Å². The van der Waals surface area contributed by atoms with Crippen molar-refractivity contribution in [2.45, 2.75) is 47.1 Å². The Labute approximate surface area is 125 Å². The molecule has 0 aliphatic carbocycles. The third-order valence-electron chi connectivity index (χ3n) is 3.04. The molecular formula is C14H27N3O4. The van der Waals surface area contributed by atoms with E-state index in [0.29, 0.717) is 6.42 Å². The molecule has 0 fully saturated rings. The Hall–Kier alpha value is -1.79. The fourth-order valence-corrected chi connectivity index (χ4v) is 1.95. The lowest BCUT2D eigenvalue weighted by atomic mass is 9.86. The molecule has 3 amide bonds. The van der Waals surface area contributed by atoms with Gasteiger partial charge in [0, 0.05) is 6.54 Å². The minimum absolute atomic E-state index is 0.00890. The van der Waals surface area contributed by atoms with Crippen LogP contribution in [0.2, 0.25) is 0 Å². The van der Waals surface area contributed by atoms with Crippen LogP contribution in [0.4, 0.5) is 4.79 Å². The molecule has 0 aromatic heterocycles. The van der Waals surface area contributed by atoms with Crippen LogP contribution in [0.1, 0.15) is 41.0 Å². The van der Waals surface area contributed by atoms with Gasteiger partial charge in [-0.05, 0) is 17.8 Å². The summed E-state index contributed by atoms with van der Waals surface area (Å²) in [7, 11) is 0. The van der Waals surface area contributed by atoms with Crippen LogP contribution in [0.15, 0.2) is 0 Å². The zero-order valence-electron chi connectivity index (χ0n) is 13.4. The molecule has 0 saturated heterocycles. The number of carbonyl (C=O) groups is 3. The number of primary amides is 1. The highest BCUT2D eigenvalue weighted by atomic mass is 16.4. The summed E-state index contributed by atoms with van der Waals surface area (Å²) in [5.41, 5.74) is 4.75. The standard InChI is InChI=1S/C14H27N3O4/c1-8(2)6-9(12(19)20)7-16-13(21)17-10(11(15)18)14(3,4)5/h8-10H,6-7H2,1-5H3,(H2,15,18)(H,19,20)(H2,16,17,21). The Bertz CT molecular complexity index is 388. The van der Waals surface area contributed by atoms with Crippen molar-refractivity contribution in [2.75, 3.05) is 6.54 Å². The van der Waals surface area contributed by atoms with Crippen LogP contribution >= 0.6 is 0 Å². The number of carbonyl (C=O) groups excluding carboxylic acids is 2. The maximum Gasteiger partial charge on any atom is 0.315 e. The second kappa shape index (κ2) is 7.85. The van der Waals surface area contributed by atoms with Crippen molar-refractivity contribution < 1.29 is 19.5 Å². The van der Waals surface area contributed by atoms with Crippen molar-refractivity contribution in [2.24, 2.45) is 23.0 Å². The average molecular weight is 301 g/mol. The molecule has 0 bridgehead atoms. The molecule has 0 aromatic carbocycles. The summed E-state index contributed by atoms with van der Waals surface area (Å²) >= 11 is 0. The third kappa shape index (κ3) is 7.53. The molecule has 0 aromatic rings. The monoisotopic (exact) mass is 301 g/mol. The lowest BCUT2D eigenvalue weighted by molar-refractivity contribution is -0.142. The molecule has 21 heavy (non-hydrogen) atoms. The number of carboxylic acid groups (broad SMARTS) is 1. The van der Waals surface area contributed by atoms with Crippen LogP contribution < -0.4 is 16.4 Å². The molecule has 0 aliphatic heterocycles. The van der Waals surface area contributed by atoms with Crippen molar-refractivity contribution in [1.29, 1.82) is 0 Å². The molecule has 0 aliphatic rings. The maximum absolute atomic E-state index is 11.8. The van der Waals surface area contributed by atoms with Crippen molar-refractivity contribution in [3.63, 3.8) is 0 Å². The smallest absolute Gasteiger partial charge is 0.315 e. The third-order valence-corrected chi connectivity index (χ3v) is 3.04. The first-order valence-electron chi connectivity index (χ1n) is 7.01. The molecule has 0 heterocycles. The van der Waals surface area contributed by atoms with E-state index in [0.717, 1.165) is 0 Å². The van der Waals surface area contributed by atoms with E-state index in [1.54, 1.807) is 20.8 Å². The first-order valence-corrected chi connectivity index (χ1v) is 7.01. The van der Waals surface area contributed by atoms with Gasteiger partial charge in [-0.2, -0.15) is 0 Å². The number of nitrogens with two attached hydrogens (primary N) is 1. The van der Waals surface area contributed by atoms with Crippen LogP contribution in [0.5, 0.6) is 0 Å². The number of rotatable bonds is 7. The number of aliphatic carboxylic acids is 1. The lowest BCUT2D eigenvalue weighted by Crippen LogP contribution is -2.55. The molecule has 7 nitrogen and oxygen atoms in total. The van der Waals surface area contributed by atoms with Gasteiger partial charge < -0.3 is 21.5 Å². The zero-order valence-corrected chi connectivity index (χ0v) is 13.4. The number of amides is 3. The van der Waals surface area contributed by atoms with E-state index >= 15 is 0 Å². The SMILES string of the molecule is CC(C)CC(CNC(=O)NC(C(N)=O)C(C)(C)C)C(=O)O. The molecular weight excluding hydrogens is 274 g/mol. The van der Waals surface area contributed by atoms with E-state index in [1.807, 2.05) is 13.8 Å². The molecule has 0 spiro atoms. The number of carboxylic acids is 1. The molecule has 5 N–H and O–H groups in total. The largest absolute Gasteiger partial charge is 0.481 e. The van der Waals surface area contributed by atoms with Gasteiger partial charge in [-0.1, -0.05) is 34.6 Å². The van der Waals surface area contributed by atoms with Gasteiger partial charge in [0.2, 0.25) is 5.91 Å². The Kier molecular flexibility index (Phi) is 7.18.